The van der Waals surface area contributed by atoms with Crippen LogP contribution in [0.15, 0.2) is 36.4 Å². The van der Waals surface area contributed by atoms with E-state index in [4.69, 9.17) is 14.2 Å². The summed E-state index contributed by atoms with van der Waals surface area (Å²) < 4.78 is 69.3. The van der Waals surface area contributed by atoms with Gasteiger partial charge in [-0.2, -0.15) is 0 Å². The Hall–Kier alpha value is -2.14. The second kappa shape index (κ2) is 10.4. The first-order chi connectivity index (χ1) is 15.5. The normalized spacial score (nSPS) is 27.1. The van der Waals surface area contributed by atoms with Gasteiger partial charge in [-0.1, -0.05) is 0 Å². The van der Waals surface area contributed by atoms with E-state index in [9.17, 15) is 37.9 Å². The van der Waals surface area contributed by atoms with Gasteiger partial charge < -0.3 is 34.4 Å². The molecule has 8 nitrogen and oxygen atoms in total. The minimum absolute atomic E-state index is 0.261. The van der Waals surface area contributed by atoms with Crippen LogP contribution in [-0.2, 0) is 15.5 Å². The molecule has 1 saturated heterocycles. The summed E-state index contributed by atoms with van der Waals surface area (Å²) in [5, 5.41) is 30.6. The maximum atomic E-state index is 13.8. The summed E-state index contributed by atoms with van der Waals surface area (Å²) >= 11 is 0. The molecule has 2 aromatic rings. The Kier molecular flexibility index (Phi) is 8.04. The highest BCUT2D eigenvalue weighted by Crippen LogP contribution is 2.47. The van der Waals surface area contributed by atoms with Crippen molar-refractivity contribution in [3.63, 3.8) is 0 Å². The van der Waals surface area contributed by atoms with Crippen molar-refractivity contribution >= 4 is 7.37 Å². The first kappa shape index (κ1) is 25.5. The van der Waals surface area contributed by atoms with Gasteiger partial charge in [0.05, 0.1) is 19.4 Å². The van der Waals surface area contributed by atoms with Gasteiger partial charge in [0.1, 0.15) is 47.3 Å². The fraction of sp³-hybridized carbons (Fsp3) is 0.429. The largest absolute Gasteiger partial charge is 0.497 e. The minimum Gasteiger partial charge on any atom is -0.497 e. The number of halogens is 3. The lowest BCUT2D eigenvalue weighted by atomic mass is 9.97. The molecule has 0 spiro atoms. The van der Waals surface area contributed by atoms with Gasteiger partial charge in [-0.05, 0) is 30.7 Å². The van der Waals surface area contributed by atoms with Crippen LogP contribution >= 0.6 is 7.37 Å². The van der Waals surface area contributed by atoms with Gasteiger partial charge in [-0.3, -0.25) is 4.57 Å². The third kappa shape index (κ3) is 6.26. The van der Waals surface area contributed by atoms with Crippen molar-refractivity contribution in [2.45, 2.75) is 43.3 Å². The molecule has 2 unspecified atom stereocenters. The number of ether oxygens (including phenoxy) is 3. The lowest BCUT2D eigenvalue weighted by Crippen LogP contribution is -2.59. The molecule has 1 aliphatic heterocycles. The number of aliphatic hydroxyl groups excluding tert-OH is 3. The van der Waals surface area contributed by atoms with E-state index in [0.717, 1.165) is 0 Å². The van der Waals surface area contributed by atoms with Gasteiger partial charge in [0.15, 0.2) is 0 Å². The summed E-state index contributed by atoms with van der Waals surface area (Å²) in [6, 6.07) is 7.03. The van der Waals surface area contributed by atoms with E-state index in [-0.39, 0.29) is 12.2 Å². The molecule has 2 aromatic carbocycles. The quantitative estimate of drug-likeness (QED) is 0.413. The predicted octanol–water partition coefficient (Wildman–Crippen LogP) is 2.16. The Morgan fingerprint density at radius 3 is 2.12 bits per heavy atom. The van der Waals surface area contributed by atoms with E-state index in [2.05, 4.69) is 0 Å². The number of hydrogen-bond acceptors (Lipinski definition) is 7. The third-order valence-corrected chi connectivity index (χ3v) is 7.02. The van der Waals surface area contributed by atoms with Gasteiger partial charge in [-0.15, -0.1) is 0 Å². The van der Waals surface area contributed by atoms with Gasteiger partial charge in [0, 0.05) is 23.9 Å². The van der Waals surface area contributed by atoms with Crippen LogP contribution in [0.4, 0.5) is 13.2 Å². The van der Waals surface area contributed by atoms with Crippen LogP contribution in [0.1, 0.15) is 12.0 Å². The molecule has 1 aliphatic rings. The van der Waals surface area contributed by atoms with Gasteiger partial charge in [0.2, 0.25) is 13.7 Å². The number of aliphatic hydroxyl groups is 3. The molecular formula is C21H24F3O8P. The molecule has 33 heavy (non-hydrogen) atoms. The van der Waals surface area contributed by atoms with E-state index in [1.807, 2.05) is 0 Å². The second-order valence-electron chi connectivity index (χ2n) is 7.67. The number of rotatable bonds is 8. The van der Waals surface area contributed by atoms with E-state index >= 15 is 0 Å². The summed E-state index contributed by atoms with van der Waals surface area (Å²) in [6.45, 7) is 0. The zero-order valence-corrected chi connectivity index (χ0v) is 18.4. The summed E-state index contributed by atoms with van der Waals surface area (Å²) in [4.78, 5) is 10.2. The first-order valence-corrected chi connectivity index (χ1v) is 12.0. The van der Waals surface area contributed by atoms with Gasteiger partial charge in [-0.25, -0.2) is 13.2 Å². The zero-order valence-electron chi connectivity index (χ0n) is 17.5. The Labute approximate surface area is 187 Å². The van der Waals surface area contributed by atoms with Crippen molar-refractivity contribution in [3.05, 3.63) is 59.4 Å². The Morgan fingerprint density at radius 2 is 1.55 bits per heavy atom. The molecule has 0 amide bonds. The molecule has 3 rings (SSSR count). The van der Waals surface area contributed by atoms with Crippen molar-refractivity contribution in [3.8, 4) is 11.5 Å². The SMILES string of the molecule is COc1ccc(OC2O[C@H](CCP(=O)(O)Cc3c(F)cc(F)cc3F)[C@@H](O)[C@H](O)[C@@H]2O)cc1. The van der Waals surface area contributed by atoms with Gasteiger partial charge >= 0.3 is 0 Å². The standard InChI is InChI=1S/C21H24F3O8P/c1-30-12-2-4-13(5-3-12)31-21-20(27)19(26)18(25)17(32-21)6-7-33(28,29)10-14-15(23)8-11(22)9-16(14)24/h2-5,8-9,17-21,25-27H,6-7,10H2,1H3,(H,28,29)/t17-,18-,19+,20+,21?/m1/s1. The topological polar surface area (TPSA) is 126 Å². The predicted molar refractivity (Wildman–Crippen MR) is 110 cm³/mol. The average Bonchev–Trinajstić information content (AvgIpc) is 2.76. The molecular weight excluding hydrogens is 468 g/mol. The maximum absolute atomic E-state index is 13.8. The third-order valence-electron chi connectivity index (χ3n) is 5.25. The van der Waals surface area contributed by atoms with Crippen molar-refractivity contribution in [2.75, 3.05) is 13.3 Å². The van der Waals surface area contributed by atoms with E-state index in [1.165, 1.54) is 19.2 Å². The van der Waals surface area contributed by atoms with Crippen LogP contribution < -0.4 is 9.47 Å². The zero-order chi connectivity index (χ0) is 24.3. The highest BCUT2D eigenvalue weighted by Gasteiger charge is 2.45. The minimum atomic E-state index is -4.20. The molecule has 0 saturated carbocycles. The lowest BCUT2D eigenvalue weighted by molar-refractivity contribution is -0.272. The van der Waals surface area contributed by atoms with E-state index in [0.29, 0.717) is 17.9 Å². The van der Waals surface area contributed by atoms with Crippen molar-refractivity contribution in [2.24, 2.45) is 0 Å². The number of benzene rings is 2. The average molecular weight is 492 g/mol. The Morgan fingerprint density at radius 1 is 0.970 bits per heavy atom. The highest BCUT2D eigenvalue weighted by atomic mass is 31.2. The Balaban J connectivity index is 1.66. The van der Waals surface area contributed by atoms with Gasteiger partial charge in [0.25, 0.3) is 0 Å². The van der Waals surface area contributed by atoms with Crippen LogP contribution in [-0.4, -0.2) is 64.2 Å². The first-order valence-electron chi connectivity index (χ1n) is 9.95. The van der Waals surface area contributed by atoms with Crippen LogP contribution in [0, 0.1) is 17.5 Å². The van der Waals surface area contributed by atoms with Crippen molar-refractivity contribution in [1.29, 1.82) is 0 Å². The van der Waals surface area contributed by atoms with Crippen LogP contribution in [0.2, 0.25) is 0 Å². The molecule has 1 heterocycles. The summed E-state index contributed by atoms with van der Waals surface area (Å²) in [5.41, 5.74) is -0.733. The van der Waals surface area contributed by atoms with Crippen LogP contribution in [0.5, 0.6) is 11.5 Å². The molecule has 12 heteroatoms. The summed E-state index contributed by atoms with van der Waals surface area (Å²) in [7, 11) is -2.72. The molecule has 4 N–H and O–H groups in total. The monoisotopic (exact) mass is 492 g/mol. The molecule has 0 aromatic heterocycles. The fourth-order valence-corrected chi connectivity index (χ4v) is 5.03. The molecule has 6 atom stereocenters. The van der Waals surface area contributed by atoms with Crippen molar-refractivity contribution in [1.82, 2.24) is 0 Å². The van der Waals surface area contributed by atoms with E-state index in [1.54, 1.807) is 12.1 Å². The molecule has 1 fully saturated rings. The number of methoxy groups -OCH3 is 1. The smallest absolute Gasteiger partial charge is 0.229 e. The number of hydrogen-bond donors (Lipinski definition) is 4. The molecule has 182 valence electrons. The van der Waals surface area contributed by atoms with Crippen molar-refractivity contribution < 1.29 is 52.2 Å². The van der Waals surface area contributed by atoms with Crippen LogP contribution in [0.3, 0.4) is 0 Å². The lowest BCUT2D eigenvalue weighted by Gasteiger charge is -2.40. The summed E-state index contributed by atoms with van der Waals surface area (Å²) in [6.07, 6.45) is -9.30. The second-order valence-corrected chi connectivity index (χ2v) is 10.1. The highest BCUT2D eigenvalue weighted by molar-refractivity contribution is 7.57. The van der Waals surface area contributed by atoms with E-state index < -0.39 is 73.4 Å². The summed E-state index contributed by atoms with van der Waals surface area (Å²) in [5.74, 6) is -2.93. The molecule has 0 aliphatic carbocycles. The van der Waals surface area contributed by atoms with Crippen LogP contribution in [0.25, 0.3) is 0 Å². The molecule has 0 bridgehead atoms. The molecule has 0 radical (unpaired) electrons. The fourth-order valence-electron chi connectivity index (χ4n) is 3.42. The maximum Gasteiger partial charge on any atom is 0.229 e. The Bertz CT molecular complexity index is 982.